The van der Waals surface area contributed by atoms with Crippen LogP contribution in [0.25, 0.3) is 0 Å². The van der Waals surface area contributed by atoms with Crippen molar-refractivity contribution >= 4 is 12.6 Å². The van der Waals surface area contributed by atoms with Crippen molar-refractivity contribution < 1.29 is 13.2 Å². The first-order valence-electron chi connectivity index (χ1n) is 1.85. The summed E-state index contributed by atoms with van der Waals surface area (Å²) >= 11 is 3.38. The molecule has 0 bridgehead atoms. The first kappa shape index (κ1) is 7.88. The van der Waals surface area contributed by atoms with Gasteiger partial charge in [0.05, 0.1) is 6.42 Å². The van der Waals surface area contributed by atoms with Crippen LogP contribution in [0.3, 0.4) is 0 Å². The second-order valence-electron chi connectivity index (χ2n) is 1.36. The molecule has 0 aliphatic heterocycles. The highest BCUT2D eigenvalue weighted by Crippen LogP contribution is 2.24. The molecule has 0 radical (unpaired) electrons. The number of hydrogen-bond donors (Lipinski definition) is 1. The lowest BCUT2D eigenvalue weighted by atomic mass is 10.4. The van der Waals surface area contributed by atoms with Gasteiger partial charge in [-0.1, -0.05) is 6.58 Å². The molecule has 0 amide bonds. The minimum absolute atomic E-state index is 0.155. The van der Waals surface area contributed by atoms with E-state index in [9.17, 15) is 13.2 Å². The molecule has 0 aliphatic rings. The summed E-state index contributed by atoms with van der Waals surface area (Å²) in [6.45, 7) is 2.98. The zero-order valence-corrected chi connectivity index (χ0v) is 4.89. The standard InChI is InChI=1S/C4H5F3S/c1-3(8)2-4(5,6)7/h8H,1-2H2. The average molecular weight is 142 g/mol. The summed E-state index contributed by atoms with van der Waals surface area (Å²) in [6, 6.07) is 0. The van der Waals surface area contributed by atoms with Crippen LogP contribution < -0.4 is 0 Å². The molecule has 0 aromatic carbocycles. The van der Waals surface area contributed by atoms with E-state index in [1.165, 1.54) is 0 Å². The van der Waals surface area contributed by atoms with E-state index >= 15 is 0 Å². The predicted molar refractivity (Wildman–Crippen MR) is 28.8 cm³/mol. The Labute approximate surface area is 50.8 Å². The van der Waals surface area contributed by atoms with Gasteiger partial charge in [0.1, 0.15) is 0 Å². The normalized spacial score (nSPS) is 11.5. The van der Waals surface area contributed by atoms with E-state index in [0.29, 0.717) is 0 Å². The van der Waals surface area contributed by atoms with Gasteiger partial charge in [-0.15, -0.1) is 12.6 Å². The molecule has 0 N–H and O–H groups in total. The van der Waals surface area contributed by atoms with Crippen LogP contribution >= 0.6 is 12.6 Å². The lowest BCUT2D eigenvalue weighted by molar-refractivity contribution is -0.125. The zero-order valence-electron chi connectivity index (χ0n) is 4.00. The van der Waals surface area contributed by atoms with Crippen molar-refractivity contribution in [2.24, 2.45) is 0 Å². The summed E-state index contributed by atoms with van der Waals surface area (Å²) in [4.78, 5) is -0.155. The molecule has 0 rings (SSSR count). The fourth-order valence-electron chi connectivity index (χ4n) is 0.231. The largest absolute Gasteiger partial charge is 0.393 e. The van der Waals surface area contributed by atoms with Crippen molar-refractivity contribution in [2.45, 2.75) is 12.6 Å². The van der Waals surface area contributed by atoms with Gasteiger partial charge in [-0.2, -0.15) is 13.2 Å². The molecule has 0 atom stereocenters. The van der Waals surface area contributed by atoms with Gasteiger partial charge in [-0.3, -0.25) is 0 Å². The number of hydrogen-bond acceptors (Lipinski definition) is 1. The molecule has 4 heteroatoms. The maximum absolute atomic E-state index is 11.2. The van der Waals surface area contributed by atoms with Crippen LogP contribution in [0.1, 0.15) is 6.42 Å². The first-order valence-corrected chi connectivity index (χ1v) is 2.30. The van der Waals surface area contributed by atoms with Crippen molar-refractivity contribution in [1.29, 1.82) is 0 Å². The van der Waals surface area contributed by atoms with E-state index in [-0.39, 0.29) is 4.91 Å². The fourth-order valence-corrected chi connectivity index (χ4v) is 0.411. The fraction of sp³-hybridized carbons (Fsp3) is 0.500. The van der Waals surface area contributed by atoms with Crippen LogP contribution in [0.15, 0.2) is 11.5 Å². The lowest BCUT2D eigenvalue weighted by Gasteiger charge is -2.02. The smallest absolute Gasteiger partial charge is 0.171 e. The first-order chi connectivity index (χ1) is 3.42. The third-order valence-electron chi connectivity index (χ3n) is 0.405. The Kier molecular flexibility index (Phi) is 2.40. The number of halogens is 3. The molecule has 0 aromatic heterocycles. The maximum Gasteiger partial charge on any atom is 0.393 e. The van der Waals surface area contributed by atoms with E-state index in [1.54, 1.807) is 0 Å². The average Bonchev–Trinajstić information content (AvgIpc) is 1.21. The molecular weight excluding hydrogens is 137 g/mol. The molecule has 8 heavy (non-hydrogen) atoms. The van der Waals surface area contributed by atoms with E-state index in [1.807, 2.05) is 0 Å². The van der Waals surface area contributed by atoms with Gasteiger partial charge < -0.3 is 0 Å². The van der Waals surface area contributed by atoms with Crippen molar-refractivity contribution in [2.75, 3.05) is 0 Å². The van der Waals surface area contributed by atoms with Crippen LogP contribution in [0.2, 0.25) is 0 Å². The Balaban J connectivity index is 3.55. The molecule has 0 heterocycles. The van der Waals surface area contributed by atoms with E-state index in [0.717, 1.165) is 0 Å². The summed E-state index contributed by atoms with van der Waals surface area (Å²) in [5.74, 6) is 0. The number of thiol groups is 1. The summed E-state index contributed by atoms with van der Waals surface area (Å²) < 4.78 is 33.6. The zero-order chi connectivity index (χ0) is 6.78. The summed E-state index contributed by atoms with van der Waals surface area (Å²) in [5, 5.41) is 0. The third-order valence-corrected chi connectivity index (χ3v) is 0.563. The third kappa shape index (κ3) is 5.88. The molecule has 0 nitrogen and oxygen atoms in total. The summed E-state index contributed by atoms with van der Waals surface area (Å²) in [5.41, 5.74) is 0. The minimum atomic E-state index is -4.15. The van der Waals surface area contributed by atoms with Crippen molar-refractivity contribution in [3.63, 3.8) is 0 Å². The van der Waals surface area contributed by atoms with Gasteiger partial charge in [0.25, 0.3) is 0 Å². The Hall–Kier alpha value is -0.120. The number of alkyl halides is 3. The van der Waals surface area contributed by atoms with Gasteiger partial charge >= 0.3 is 6.18 Å². The SMILES string of the molecule is C=C(S)CC(F)(F)F. The van der Waals surface area contributed by atoms with Crippen molar-refractivity contribution in [3.05, 3.63) is 11.5 Å². The number of rotatable bonds is 1. The summed E-state index contributed by atoms with van der Waals surface area (Å²) in [7, 11) is 0. The van der Waals surface area contributed by atoms with Crippen LogP contribution in [0, 0.1) is 0 Å². The second kappa shape index (κ2) is 2.44. The van der Waals surface area contributed by atoms with Crippen LogP contribution in [-0.4, -0.2) is 6.18 Å². The Bertz CT molecular complexity index is 93.9. The molecule has 0 spiro atoms. The van der Waals surface area contributed by atoms with Crippen molar-refractivity contribution in [1.82, 2.24) is 0 Å². The molecule has 0 unspecified atom stereocenters. The molecule has 0 saturated heterocycles. The highest BCUT2D eigenvalue weighted by molar-refractivity contribution is 7.84. The van der Waals surface area contributed by atoms with Gasteiger partial charge in [-0.25, -0.2) is 0 Å². The monoisotopic (exact) mass is 142 g/mol. The highest BCUT2D eigenvalue weighted by Gasteiger charge is 2.26. The molecule has 48 valence electrons. The predicted octanol–water partition coefficient (Wildman–Crippen LogP) is 2.38. The summed E-state index contributed by atoms with van der Waals surface area (Å²) in [6.07, 6.45) is -5.16. The Morgan fingerprint density at radius 3 is 1.88 bits per heavy atom. The van der Waals surface area contributed by atoms with Crippen LogP contribution in [0.4, 0.5) is 13.2 Å². The van der Waals surface area contributed by atoms with E-state index < -0.39 is 12.6 Å². The quantitative estimate of drug-likeness (QED) is 0.534. The van der Waals surface area contributed by atoms with Crippen LogP contribution in [-0.2, 0) is 0 Å². The molecular formula is C4H5F3S. The second-order valence-corrected chi connectivity index (χ2v) is 1.99. The Morgan fingerprint density at radius 2 is 1.88 bits per heavy atom. The molecule has 0 aromatic rings. The van der Waals surface area contributed by atoms with Crippen LogP contribution in [0.5, 0.6) is 0 Å². The molecule has 0 fully saturated rings. The highest BCUT2D eigenvalue weighted by atomic mass is 32.1. The van der Waals surface area contributed by atoms with E-state index in [4.69, 9.17) is 0 Å². The lowest BCUT2D eigenvalue weighted by Crippen LogP contribution is -2.05. The topological polar surface area (TPSA) is 0 Å². The van der Waals surface area contributed by atoms with Crippen molar-refractivity contribution in [3.8, 4) is 0 Å². The van der Waals surface area contributed by atoms with Gasteiger partial charge in [0, 0.05) is 0 Å². The van der Waals surface area contributed by atoms with E-state index in [2.05, 4.69) is 19.2 Å². The van der Waals surface area contributed by atoms with Gasteiger partial charge in [0.2, 0.25) is 0 Å². The Morgan fingerprint density at radius 1 is 1.50 bits per heavy atom. The van der Waals surface area contributed by atoms with Gasteiger partial charge in [0.15, 0.2) is 0 Å². The minimum Gasteiger partial charge on any atom is -0.171 e. The number of allylic oxidation sites excluding steroid dienone is 1. The molecule has 0 aliphatic carbocycles. The maximum atomic E-state index is 11.2. The van der Waals surface area contributed by atoms with Gasteiger partial charge in [-0.05, 0) is 4.91 Å². The molecule has 0 saturated carbocycles.